The van der Waals surface area contributed by atoms with Crippen molar-refractivity contribution < 1.29 is 13.7 Å². The lowest BCUT2D eigenvalue weighted by atomic mass is 10.0. The minimum Gasteiger partial charge on any atom is -0.325 e. The molecular formula is C10H10F2N2O2. The van der Waals surface area contributed by atoms with E-state index in [-0.39, 0.29) is 12.0 Å². The minimum absolute atomic E-state index is 0.100. The van der Waals surface area contributed by atoms with E-state index in [1.165, 1.54) is 0 Å². The van der Waals surface area contributed by atoms with Gasteiger partial charge in [-0.05, 0) is 30.9 Å². The van der Waals surface area contributed by atoms with E-state index in [0.717, 1.165) is 18.9 Å². The van der Waals surface area contributed by atoms with E-state index in [0.29, 0.717) is 6.07 Å². The normalized spacial score (nSPS) is 17.2. The second-order valence-electron chi connectivity index (χ2n) is 4.19. The van der Waals surface area contributed by atoms with Gasteiger partial charge in [0.05, 0.1) is 11.0 Å². The molecule has 0 bridgehead atoms. The molecule has 1 aliphatic carbocycles. The second-order valence-corrected chi connectivity index (χ2v) is 4.19. The maximum atomic E-state index is 13.4. The molecule has 0 aliphatic heterocycles. The predicted molar refractivity (Wildman–Crippen MR) is 52.9 cm³/mol. The number of nitrogens with zero attached hydrogens (tertiary/aromatic N) is 1. The standard InChI is InChI=1S/C10H10F2N2O2/c11-7-4-9(14(15)16)8(12)3-6(7)5-10(13)1-2-10/h3-4H,1-2,5,13H2. The first-order valence-electron chi connectivity index (χ1n) is 4.82. The highest BCUT2D eigenvalue weighted by molar-refractivity contribution is 5.37. The molecule has 0 radical (unpaired) electrons. The Hall–Kier alpha value is -1.56. The molecule has 2 rings (SSSR count). The summed E-state index contributed by atoms with van der Waals surface area (Å²) in [6.45, 7) is 0. The van der Waals surface area contributed by atoms with E-state index in [1.807, 2.05) is 0 Å². The fourth-order valence-corrected chi connectivity index (χ4v) is 1.57. The monoisotopic (exact) mass is 228 g/mol. The van der Waals surface area contributed by atoms with Crippen molar-refractivity contribution in [3.8, 4) is 0 Å². The molecule has 1 aliphatic rings. The zero-order chi connectivity index (χ0) is 11.9. The van der Waals surface area contributed by atoms with Crippen LogP contribution in [-0.2, 0) is 6.42 Å². The van der Waals surface area contributed by atoms with E-state index in [4.69, 9.17) is 5.73 Å². The first kappa shape index (κ1) is 10.9. The maximum absolute atomic E-state index is 13.4. The minimum atomic E-state index is -1.02. The van der Waals surface area contributed by atoms with Crippen LogP contribution in [0.25, 0.3) is 0 Å². The summed E-state index contributed by atoms with van der Waals surface area (Å²) in [4.78, 5) is 9.41. The largest absolute Gasteiger partial charge is 0.325 e. The van der Waals surface area contributed by atoms with Gasteiger partial charge in [-0.3, -0.25) is 10.1 Å². The molecule has 0 spiro atoms. The van der Waals surface area contributed by atoms with Crippen LogP contribution in [0.2, 0.25) is 0 Å². The number of hydrogen-bond donors (Lipinski definition) is 1. The van der Waals surface area contributed by atoms with Crippen LogP contribution in [0.3, 0.4) is 0 Å². The van der Waals surface area contributed by atoms with Crippen molar-refractivity contribution in [2.45, 2.75) is 24.8 Å². The predicted octanol–water partition coefficient (Wildman–Crippen LogP) is 1.91. The van der Waals surface area contributed by atoms with Gasteiger partial charge >= 0.3 is 5.69 Å². The molecule has 16 heavy (non-hydrogen) atoms. The summed E-state index contributed by atoms with van der Waals surface area (Å²) in [6, 6.07) is 1.47. The molecule has 1 aromatic rings. The van der Waals surface area contributed by atoms with E-state index in [1.54, 1.807) is 0 Å². The Morgan fingerprint density at radius 2 is 2.00 bits per heavy atom. The third-order valence-corrected chi connectivity index (χ3v) is 2.75. The summed E-state index contributed by atoms with van der Waals surface area (Å²) in [5.41, 5.74) is 4.57. The second kappa shape index (κ2) is 3.48. The molecule has 86 valence electrons. The smallest absolute Gasteiger partial charge is 0.307 e. The van der Waals surface area contributed by atoms with E-state index < -0.39 is 27.8 Å². The zero-order valence-electron chi connectivity index (χ0n) is 8.37. The SMILES string of the molecule is NC1(Cc2cc(F)c([N+](=O)[O-])cc2F)CC1. The lowest BCUT2D eigenvalue weighted by Gasteiger charge is -2.09. The summed E-state index contributed by atoms with van der Waals surface area (Å²) in [6.07, 6.45) is 1.75. The molecule has 0 saturated heterocycles. The molecule has 2 N–H and O–H groups in total. The molecule has 0 aromatic heterocycles. The van der Waals surface area contributed by atoms with Crippen LogP contribution in [0, 0.1) is 21.7 Å². The zero-order valence-corrected chi connectivity index (χ0v) is 8.37. The fraction of sp³-hybridized carbons (Fsp3) is 0.400. The Morgan fingerprint density at radius 3 is 2.50 bits per heavy atom. The molecule has 0 atom stereocenters. The Labute approximate surface area is 90.2 Å². The first-order chi connectivity index (χ1) is 7.41. The van der Waals surface area contributed by atoms with Gasteiger partial charge in [0.15, 0.2) is 0 Å². The van der Waals surface area contributed by atoms with E-state index in [2.05, 4.69) is 0 Å². The molecule has 0 amide bonds. The molecule has 1 fully saturated rings. The average Bonchev–Trinajstić information content (AvgIpc) is 2.89. The van der Waals surface area contributed by atoms with E-state index >= 15 is 0 Å². The molecule has 1 saturated carbocycles. The number of nitro benzene ring substituents is 1. The van der Waals surface area contributed by atoms with Gasteiger partial charge in [0.25, 0.3) is 0 Å². The van der Waals surface area contributed by atoms with Crippen LogP contribution in [0.1, 0.15) is 18.4 Å². The Kier molecular flexibility index (Phi) is 2.38. The highest BCUT2D eigenvalue weighted by Crippen LogP contribution is 2.36. The van der Waals surface area contributed by atoms with Crippen LogP contribution in [0.5, 0.6) is 0 Å². The van der Waals surface area contributed by atoms with E-state index in [9.17, 15) is 18.9 Å². The lowest BCUT2D eigenvalue weighted by Crippen LogP contribution is -2.25. The first-order valence-corrected chi connectivity index (χ1v) is 4.82. The van der Waals surface area contributed by atoms with Crippen molar-refractivity contribution in [2.75, 3.05) is 0 Å². The number of benzene rings is 1. The molecular weight excluding hydrogens is 218 g/mol. The maximum Gasteiger partial charge on any atom is 0.307 e. The summed E-state index contributed by atoms with van der Waals surface area (Å²) >= 11 is 0. The number of nitrogens with two attached hydrogens (primary N) is 1. The van der Waals surface area contributed by atoms with Gasteiger partial charge in [-0.15, -0.1) is 0 Å². The van der Waals surface area contributed by atoms with Crippen LogP contribution in [0.4, 0.5) is 14.5 Å². The highest BCUT2D eigenvalue weighted by Gasteiger charge is 2.39. The Bertz CT molecular complexity index is 458. The lowest BCUT2D eigenvalue weighted by molar-refractivity contribution is -0.387. The van der Waals surface area contributed by atoms with Crippen molar-refractivity contribution in [2.24, 2.45) is 5.73 Å². The molecule has 1 aromatic carbocycles. The average molecular weight is 228 g/mol. The topological polar surface area (TPSA) is 69.2 Å². The van der Waals surface area contributed by atoms with Crippen LogP contribution in [0.15, 0.2) is 12.1 Å². The van der Waals surface area contributed by atoms with Crippen molar-refractivity contribution >= 4 is 5.69 Å². The van der Waals surface area contributed by atoms with Gasteiger partial charge in [0, 0.05) is 5.54 Å². The molecule has 0 heterocycles. The van der Waals surface area contributed by atoms with Crippen molar-refractivity contribution in [1.82, 2.24) is 0 Å². The molecule has 6 heteroatoms. The summed E-state index contributed by atoms with van der Waals surface area (Å²) in [7, 11) is 0. The van der Waals surface area contributed by atoms with Crippen molar-refractivity contribution in [3.05, 3.63) is 39.4 Å². The van der Waals surface area contributed by atoms with Gasteiger partial charge < -0.3 is 5.73 Å². The van der Waals surface area contributed by atoms with Gasteiger partial charge in [0.2, 0.25) is 5.82 Å². The van der Waals surface area contributed by atoms with Crippen LogP contribution < -0.4 is 5.73 Å². The molecule has 4 nitrogen and oxygen atoms in total. The summed E-state index contributed by atoms with van der Waals surface area (Å²) in [5.74, 6) is -1.80. The Balaban J connectivity index is 2.33. The third-order valence-electron chi connectivity index (χ3n) is 2.75. The number of hydrogen-bond acceptors (Lipinski definition) is 3. The van der Waals surface area contributed by atoms with Gasteiger partial charge in [-0.2, -0.15) is 4.39 Å². The fourth-order valence-electron chi connectivity index (χ4n) is 1.57. The van der Waals surface area contributed by atoms with Crippen molar-refractivity contribution in [3.63, 3.8) is 0 Å². The third kappa shape index (κ3) is 2.01. The highest BCUT2D eigenvalue weighted by atomic mass is 19.1. The Morgan fingerprint density at radius 1 is 1.38 bits per heavy atom. The van der Waals surface area contributed by atoms with Gasteiger partial charge in [-0.1, -0.05) is 0 Å². The van der Waals surface area contributed by atoms with Crippen LogP contribution in [-0.4, -0.2) is 10.5 Å². The quantitative estimate of drug-likeness (QED) is 0.634. The van der Waals surface area contributed by atoms with Gasteiger partial charge in [-0.25, -0.2) is 4.39 Å². The van der Waals surface area contributed by atoms with Crippen molar-refractivity contribution in [1.29, 1.82) is 0 Å². The number of rotatable bonds is 3. The molecule has 0 unspecified atom stereocenters. The number of halogens is 2. The van der Waals surface area contributed by atoms with Crippen LogP contribution >= 0.6 is 0 Å². The van der Waals surface area contributed by atoms with Gasteiger partial charge in [0.1, 0.15) is 5.82 Å². The summed E-state index contributed by atoms with van der Waals surface area (Å²) in [5, 5.41) is 10.4. The number of nitro groups is 1. The summed E-state index contributed by atoms with van der Waals surface area (Å²) < 4.78 is 26.6.